The van der Waals surface area contributed by atoms with Crippen LogP contribution in [-0.4, -0.2) is 19.2 Å². The van der Waals surface area contributed by atoms with E-state index in [1.54, 1.807) is 48.1 Å². The highest BCUT2D eigenvalue weighted by Gasteiger charge is 2.18. The second-order valence-electron chi connectivity index (χ2n) is 8.03. The summed E-state index contributed by atoms with van der Waals surface area (Å²) < 4.78 is 49.2. The van der Waals surface area contributed by atoms with E-state index in [0.717, 1.165) is 17.8 Å². The molecule has 0 spiro atoms. The number of hydrogen-bond acceptors (Lipinski definition) is 4. The molecule has 0 aliphatic carbocycles. The predicted octanol–water partition coefficient (Wildman–Crippen LogP) is 5.16. The molecule has 35 heavy (non-hydrogen) atoms. The van der Waals surface area contributed by atoms with Crippen LogP contribution in [0.1, 0.15) is 17.0 Å². The summed E-state index contributed by atoms with van der Waals surface area (Å²) in [6, 6.07) is 14.1. The van der Waals surface area contributed by atoms with E-state index < -0.39 is 11.6 Å². The Hall–Kier alpha value is -4.40. The van der Waals surface area contributed by atoms with Gasteiger partial charge in [0.05, 0.1) is 16.9 Å². The summed E-state index contributed by atoms with van der Waals surface area (Å²) in [5.74, 6) is -1.48. The van der Waals surface area contributed by atoms with Crippen LogP contribution in [0, 0.1) is 31.3 Å². The number of fused-ring (bicyclic) bond motifs is 1. The summed E-state index contributed by atoms with van der Waals surface area (Å²) >= 11 is 0. The summed E-state index contributed by atoms with van der Waals surface area (Å²) in [5, 5.41) is 4.56. The molecule has 2 aromatic carbocycles. The molecule has 0 saturated carbocycles. The number of ether oxygens (including phenoxy) is 1. The third-order valence-electron chi connectivity index (χ3n) is 5.61. The molecular formula is C26H19F3N4O2. The van der Waals surface area contributed by atoms with Gasteiger partial charge in [0.15, 0.2) is 11.4 Å². The highest BCUT2D eigenvalue weighted by Crippen LogP contribution is 2.25. The zero-order valence-electron chi connectivity index (χ0n) is 18.8. The quantitative estimate of drug-likeness (QED) is 0.352. The molecule has 0 bridgehead atoms. The fourth-order valence-corrected chi connectivity index (χ4v) is 3.89. The zero-order chi connectivity index (χ0) is 24.7. The Balaban J connectivity index is 1.54. The topological polar surface area (TPSA) is 61.4 Å². The van der Waals surface area contributed by atoms with Gasteiger partial charge >= 0.3 is 0 Å². The second kappa shape index (κ2) is 8.75. The molecule has 0 aliphatic rings. The average molecular weight is 476 g/mol. The first kappa shape index (κ1) is 22.4. The van der Waals surface area contributed by atoms with Crippen LogP contribution in [0.4, 0.5) is 13.2 Å². The van der Waals surface area contributed by atoms with E-state index in [2.05, 4.69) is 10.1 Å². The van der Waals surface area contributed by atoms with E-state index >= 15 is 0 Å². The van der Waals surface area contributed by atoms with Gasteiger partial charge in [0, 0.05) is 23.5 Å². The standard InChI is InChI=1S/C26H19F3N4O2/c1-15-12-22(31-33(15)20-9-7-18(27)8-10-20)24-16(2)30-25-23(4-3-11-32(25)26(24)34)35-14-17-5-6-19(28)13-21(17)29/h3-13H,14H2,1-2H3. The second-order valence-corrected chi connectivity index (χ2v) is 8.03. The van der Waals surface area contributed by atoms with Crippen molar-refractivity contribution in [1.82, 2.24) is 19.2 Å². The van der Waals surface area contributed by atoms with Crippen molar-refractivity contribution in [1.29, 1.82) is 0 Å². The van der Waals surface area contributed by atoms with Crippen molar-refractivity contribution >= 4 is 5.65 Å². The number of nitrogens with zero attached hydrogens (tertiary/aromatic N) is 4. The van der Waals surface area contributed by atoms with Crippen molar-refractivity contribution < 1.29 is 17.9 Å². The lowest BCUT2D eigenvalue weighted by atomic mass is 10.1. The van der Waals surface area contributed by atoms with E-state index in [1.807, 2.05) is 6.92 Å². The normalized spacial score (nSPS) is 11.2. The minimum absolute atomic E-state index is 0.163. The van der Waals surface area contributed by atoms with Crippen molar-refractivity contribution in [3.63, 3.8) is 0 Å². The summed E-state index contributed by atoms with van der Waals surface area (Å²) in [6.45, 7) is 3.37. The Morgan fingerprint density at radius 1 is 0.943 bits per heavy atom. The van der Waals surface area contributed by atoms with Crippen molar-refractivity contribution in [2.75, 3.05) is 0 Å². The molecule has 0 N–H and O–H groups in total. The number of halogens is 3. The van der Waals surface area contributed by atoms with E-state index in [4.69, 9.17) is 4.74 Å². The lowest BCUT2D eigenvalue weighted by Crippen LogP contribution is -2.19. The summed E-state index contributed by atoms with van der Waals surface area (Å²) in [5.41, 5.74) is 2.67. The van der Waals surface area contributed by atoms with Crippen LogP contribution in [-0.2, 0) is 6.61 Å². The number of hydrogen-bond donors (Lipinski definition) is 0. The van der Waals surface area contributed by atoms with Gasteiger partial charge in [0.25, 0.3) is 5.56 Å². The van der Waals surface area contributed by atoms with Crippen LogP contribution in [0.5, 0.6) is 5.75 Å². The number of benzene rings is 2. The monoisotopic (exact) mass is 476 g/mol. The van der Waals surface area contributed by atoms with Crippen LogP contribution in [0.2, 0.25) is 0 Å². The molecule has 9 heteroatoms. The molecule has 0 unspecified atom stereocenters. The lowest BCUT2D eigenvalue weighted by Gasteiger charge is -2.12. The smallest absolute Gasteiger partial charge is 0.267 e. The molecule has 0 radical (unpaired) electrons. The first-order chi connectivity index (χ1) is 16.8. The van der Waals surface area contributed by atoms with Crippen molar-refractivity contribution in [3.8, 4) is 22.7 Å². The maximum Gasteiger partial charge on any atom is 0.267 e. The van der Waals surface area contributed by atoms with Gasteiger partial charge in [-0.25, -0.2) is 22.8 Å². The predicted molar refractivity (Wildman–Crippen MR) is 124 cm³/mol. The van der Waals surface area contributed by atoms with Crippen molar-refractivity contribution in [2.24, 2.45) is 0 Å². The summed E-state index contributed by atoms with van der Waals surface area (Å²) in [6.07, 6.45) is 1.56. The minimum atomic E-state index is -0.721. The van der Waals surface area contributed by atoms with Gasteiger partial charge in [-0.15, -0.1) is 0 Å². The van der Waals surface area contributed by atoms with Gasteiger partial charge in [-0.1, -0.05) is 0 Å². The van der Waals surface area contributed by atoms with Crippen LogP contribution in [0.15, 0.2) is 71.7 Å². The van der Waals surface area contributed by atoms with Crippen LogP contribution in [0.25, 0.3) is 22.6 Å². The third kappa shape index (κ3) is 4.16. The maximum atomic E-state index is 14.0. The van der Waals surface area contributed by atoms with Gasteiger partial charge in [0.2, 0.25) is 0 Å². The first-order valence-electron chi connectivity index (χ1n) is 10.7. The first-order valence-corrected chi connectivity index (χ1v) is 10.7. The van der Waals surface area contributed by atoms with E-state index in [0.29, 0.717) is 22.6 Å². The largest absolute Gasteiger partial charge is 0.485 e. The molecule has 6 nitrogen and oxygen atoms in total. The molecule has 3 aromatic heterocycles. The zero-order valence-corrected chi connectivity index (χ0v) is 18.8. The number of aromatic nitrogens is 4. The Morgan fingerprint density at radius 2 is 1.69 bits per heavy atom. The molecule has 0 saturated heterocycles. The molecule has 3 heterocycles. The number of rotatable bonds is 5. The van der Waals surface area contributed by atoms with E-state index in [1.165, 1.54) is 22.6 Å². The van der Waals surface area contributed by atoms with Gasteiger partial charge in [-0.2, -0.15) is 5.10 Å². The SMILES string of the molecule is Cc1nc2c(OCc3ccc(F)cc3F)cccn2c(=O)c1-c1cc(C)n(-c2ccc(F)cc2)n1. The molecule has 0 aliphatic heterocycles. The lowest BCUT2D eigenvalue weighted by molar-refractivity contribution is 0.301. The van der Waals surface area contributed by atoms with Gasteiger partial charge in [-0.3, -0.25) is 9.20 Å². The van der Waals surface area contributed by atoms with E-state index in [-0.39, 0.29) is 34.9 Å². The average Bonchev–Trinajstić information content (AvgIpc) is 3.20. The molecule has 0 atom stereocenters. The fraction of sp³-hybridized carbons (Fsp3) is 0.115. The van der Waals surface area contributed by atoms with Crippen LogP contribution < -0.4 is 10.3 Å². The van der Waals surface area contributed by atoms with E-state index in [9.17, 15) is 18.0 Å². The molecule has 5 rings (SSSR count). The Kier molecular flexibility index (Phi) is 5.60. The van der Waals surface area contributed by atoms with Gasteiger partial charge in [-0.05, 0) is 68.4 Å². The van der Waals surface area contributed by atoms with Gasteiger partial charge in [0.1, 0.15) is 29.8 Å². The van der Waals surface area contributed by atoms with Gasteiger partial charge < -0.3 is 4.74 Å². The highest BCUT2D eigenvalue weighted by molar-refractivity contribution is 5.65. The Labute approximate surface area is 197 Å². The van der Waals surface area contributed by atoms with Crippen molar-refractivity contribution in [2.45, 2.75) is 20.5 Å². The summed E-state index contributed by atoms with van der Waals surface area (Å²) in [7, 11) is 0. The molecule has 0 amide bonds. The third-order valence-corrected chi connectivity index (χ3v) is 5.61. The number of aryl methyl sites for hydroxylation is 2. The fourth-order valence-electron chi connectivity index (χ4n) is 3.89. The summed E-state index contributed by atoms with van der Waals surface area (Å²) in [4.78, 5) is 18.0. The molecular weight excluding hydrogens is 457 g/mol. The number of pyridine rings is 1. The Bertz CT molecular complexity index is 1630. The maximum absolute atomic E-state index is 14.0. The molecule has 5 aromatic rings. The molecule has 0 fully saturated rings. The highest BCUT2D eigenvalue weighted by atomic mass is 19.1. The van der Waals surface area contributed by atoms with Crippen molar-refractivity contribution in [3.05, 3.63) is 112 Å². The Morgan fingerprint density at radius 3 is 2.43 bits per heavy atom. The molecule has 176 valence electrons. The van der Waals surface area contributed by atoms with Crippen LogP contribution >= 0.6 is 0 Å². The van der Waals surface area contributed by atoms with Crippen LogP contribution in [0.3, 0.4) is 0 Å². The minimum Gasteiger partial charge on any atom is -0.485 e.